The molecule has 1 heterocycles. The van der Waals surface area contributed by atoms with E-state index in [9.17, 15) is 0 Å². The van der Waals surface area contributed by atoms with Crippen LogP contribution in [0.25, 0.3) is 104 Å². The lowest BCUT2D eigenvalue weighted by molar-refractivity contribution is 1.18. The molecule has 2 nitrogen and oxygen atoms in total. The SMILES string of the molecule is c1ccc(-n2c3ccccc3c3c(-c4cccc(N(c5ccc(-c6ccc(-c7ccc8ccccc8c7)cc6)cc5)c5cccc(-c6cccc7c6ccc6ccccc67)c5)c4)cccc32)cc1. The maximum Gasteiger partial charge on any atom is 0.0547 e. The topological polar surface area (TPSA) is 8.17 Å². The molecule has 0 N–H and O–H groups in total. The smallest absolute Gasteiger partial charge is 0.0547 e. The molecule has 0 saturated carbocycles. The third-order valence-corrected chi connectivity index (χ3v) is 13.8. The minimum absolute atomic E-state index is 1.08. The van der Waals surface area contributed by atoms with Gasteiger partial charge < -0.3 is 9.47 Å². The number of hydrogen-bond donors (Lipinski definition) is 0. The van der Waals surface area contributed by atoms with Crippen LogP contribution >= 0.6 is 0 Å². The Balaban J connectivity index is 0.932. The Kier molecular flexibility index (Phi) is 9.54. The Labute approximate surface area is 395 Å². The molecule has 0 amide bonds. The average Bonchev–Trinajstić information content (AvgIpc) is 3.76. The fourth-order valence-electron chi connectivity index (χ4n) is 10.5. The van der Waals surface area contributed by atoms with Crippen molar-refractivity contribution in [3.8, 4) is 50.2 Å². The summed E-state index contributed by atoms with van der Waals surface area (Å²) in [6.07, 6.45) is 0. The molecule has 12 aromatic carbocycles. The van der Waals surface area contributed by atoms with Crippen molar-refractivity contribution in [2.24, 2.45) is 0 Å². The van der Waals surface area contributed by atoms with Gasteiger partial charge in [0.1, 0.15) is 0 Å². The number of benzene rings is 12. The predicted octanol–water partition coefficient (Wildman–Crippen LogP) is 18.4. The first-order chi connectivity index (χ1) is 33.7. The van der Waals surface area contributed by atoms with E-state index in [2.05, 4.69) is 276 Å². The van der Waals surface area contributed by atoms with E-state index < -0.39 is 0 Å². The van der Waals surface area contributed by atoms with Crippen LogP contribution in [0.3, 0.4) is 0 Å². The van der Waals surface area contributed by atoms with E-state index >= 15 is 0 Å². The highest BCUT2D eigenvalue weighted by Crippen LogP contribution is 2.43. The van der Waals surface area contributed by atoms with Crippen LogP contribution in [0.15, 0.2) is 267 Å². The lowest BCUT2D eigenvalue weighted by Gasteiger charge is -2.27. The lowest BCUT2D eigenvalue weighted by atomic mass is 9.94. The van der Waals surface area contributed by atoms with Crippen LogP contribution in [0.2, 0.25) is 0 Å². The molecule has 0 atom stereocenters. The van der Waals surface area contributed by atoms with E-state index in [0.29, 0.717) is 0 Å². The van der Waals surface area contributed by atoms with Crippen LogP contribution in [-0.4, -0.2) is 4.57 Å². The summed E-state index contributed by atoms with van der Waals surface area (Å²) in [5, 5.41) is 10.0. The minimum Gasteiger partial charge on any atom is -0.310 e. The number of aromatic nitrogens is 1. The highest BCUT2D eigenvalue weighted by Gasteiger charge is 2.19. The fraction of sp³-hybridized carbons (Fsp3) is 0. The molecule has 0 fully saturated rings. The first-order valence-electron chi connectivity index (χ1n) is 23.4. The summed E-state index contributed by atoms with van der Waals surface area (Å²) in [6, 6.07) is 97.5. The fourth-order valence-corrected chi connectivity index (χ4v) is 10.5. The number of hydrogen-bond acceptors (Lipinski definition) is 1. The summed E-state index contributed by atoms with van der Waals surface area (Å²) in [7, 11) is 0. The van der Waals surface area contributed by atoms with Crippen LogP contribution in [0.1, 0.15) is 0 Å². The molecule has 13 aromatic rings. The van der Waals surface area contributed by atoms with Gasteiger partial charge in [-0.1, -0.05) is 200 Å². The highest BCUT2D eigenvalue weighted by molar-refractivity contribution is 6.16. The Morgan fingerprint density at radius 2 is 0.779 bits per heavy atom. The maximum atomic E-state index is 2.41. The maximum absolute atomic E-state index is 2.41. The molecule has 0 bridgehead atoms. The van der Waals surface area contributed by atoms with Gasteiger partial charge in [0.15, 0.2) is 0 Å². The minimum atomic E-state index is 1.08. The van der Waals surface area contributed by atoms with Gasteiger partial charge in [0.25, 0.3) is 0 Å². The summed E-state index contributed by atoms with van der Waals surface area (Å²) < 4.78 is 2.39. The van der Waals surface area contributed by atoms with Gasteiger partial charge in [0, 0.05) is 33.5 Å². The summed E-state index contributed by atoms with van der Waals surface area (Å²) in [5.41, 5.74) is 16.3. The van der Waals surface area contributed by atoms with Crippen LogP contribution < -0.4 is 4.90 Å². The second-order valence-corrected chi connectivity index (χ2v) is 17.7. The molecule has 68 heavy (non-hydrogen) atoms. The number of nitrogens with zero attached hydrogens (tertiary/aromatic N) is 2. The second kappa shape index (κ2) is 16.5. The predicted molar refractivity (Wildman–Crippen MR) is 290 cm³/mol. The van der Waals surface area contributed by atoms with Crippen molar-refractivity contribution in [2.75, 3.05) is 4.90 Å². The van der Waals surface area contributed by atoms with Crippen molar-refractivity contribution in [1.82, 2.24) is 4.57 Å². The normalized spacial score (nSPS) is 11.5. The van der Waals surface area contributed by atoms with E-state index in [1.807, 2.05) is 0 Å². The Hall–Kier alpha value is -8.98. The van der Waals surface area contributed by atoms with Crippen molar-refractivity contribution in [1.29, 1.82) is 0 Å². The van der Waals surface area contributed by atoms with Crippen molar-refractivity contribution < 1.29 is 0 Å². The van der Waals surface area contributed by atoms with Crippen molar-refractivity contribution in [2.45, 2.75) is 0 Å². The third-order valence-electron chi connectivity index (χ3n) is 13.8. The summed E-state index contributed by atoms with van der Waals surface area (Å²) in [4.78, 5) is 2.41. The molecule has 0 unspecified atom stereocenters. The van der Waals surface area contributed by atoms with Crippen molar-refractivity contribution in [3.05, 3.63) is 267 Å². The average molecular weight is 865 g/mol. The van der Waals surface area contributed by atoms with Crippen LogP contribution in [0.5, 0.6) is 0 Å². The molecule has 1 aromatic heterocycles. The van der Waals surface area contributed by atoms with Gasteiger partial charge in [-0.2, -0.15) is 0 Å². The monoisotopic (exact) mass is 864 g/mol. The zero-order valence-electron chi connectivity index (χ0n) is 37.3. The summed E-state index contributed by atoms with van der Waals surface area (Å²) in [6.45, 7) is 0. The number of anilines is 3. The largest absolute Gasteiger partial charge is 0.310 e. The first kappa shape index (κ1) is 39.4. The lowest BCUT2D eigenvalue weighted by Crippen LogP contribution is -2.10. The molecular formula is C66H44N2. The van der Waals surface area contributed by atoms with E-state index in [4.69, 9.17) is 0 Å². The molecule has 13 rings (SSSR count). The molecule has 0 aliphatic rings. The van der Waals surface area contributed by atoms with Crippen LogP contribution in [-0.2, 0) is 0 Å². The zero-order chi connectivity index (χ0) is 45.0. The number of rotatable bonds is 8. The van der Waals surface area contributed by atoms with Crippen molar-refractivity contribution in [3.63, 3.8) is 0 Å². The third kappa shape index (κ3) is 6.82. The Bertz CT molecular complexity index is 4010. The highest BCUT2D eigenvalue weighted by atomic mass is 15.1. The van der Waals surface area contributed by atoms with Crippen molar-refractivity contribution >= 4 is 71.2 Å². The number of para-hydroxylation sites is 2. The van der Waals surface area contributed by atoms with E-state index in [1.165, 1.54) is 93.1 Å². The quantitative estimate of drug-likeness (QED) is 0.138. The Morgan fingerprint density at radius 1 is 0.250 bits per heavy atom. The summed E-state index contributed by atoms with van der Waals surface area (Å²) in [5.74, 6) is 0. The molecule has 318 valence electrons. The standard InChI is InChI=1S/C66H44N2/c1-2-19-54(20-3-1)68-64-28-9-8-24-63(64)66-60(26-13-29-65(66)68)53-18-11-22-57(44-53)67(56-21-10-17-52(43-56)59-25-12-27-61-58-23-7-6-15-49(58)38-41-62(59)61)55-39-36-47(37-40-55)46-30-32-48(33-31-46)51-35-34-45-14-4-5-16-50(45)42-51/h1-44H. The van der Waals surface area contributed by atoms with Gasteiger partial charge in [-0.25, -0.2) is 0 Å². The van der Waals surface area contributed by atoms with Gasteiger partial charge in [-0.3, -0.25) is 0 Å². The van der Waals surface area contributed by atoms with Gasteiger partial charge in [-0.05, 0) is 144 Å². The molecule has 0 aliphatic carbocycles. The van der Waals surface area contributed by atoms with Crippen LogP contribution in [0.4, 0.5) is 17.1 Å². The Morgan fingerprint density at radius 3 is 1.54 bits per heavy atom. The molecule has 0 saturated heterocycles. The van der Waals surface area contributed by atoms with Crippen LogP contribution in [0, 0.1) is 0 Å². The van der Waals surface area contributed by atoms with Gasteiger partial charge in [0.05, 0.1) is 11.0 Å². The van der Waals surface area contributed by atoms with E-state index in [1.54, 1.807) is 0 Å². The zero-order valence-corrected chi connectivity index (χ0v) is 37.3. The molecule has 2 heteroatoms. The van der Waals surface area contributed by atoms with Gasteiger partial charge in [-0.15, -0.1) is 0 Å². The first-order valence-corrected chi connectivity index (χ1v) is 23.4. The second-order valence-electron chi connectivity index (χ2n) is 17.7. The molecule has 0 aliphatic heterocycles. The van der Waals surface area contributed by atoms with Gasteiger partial charge in [0.2, 0.25) is 0 Å². The summed E-state index contributed by atoms with van der Waals surface area (Å²) >= 11 is 0. The molecular weight excluding hydrogens is 821 g/mol. The van der Waals surface area contributed by atoms with E-state index in [0.717, 1.165) is 28.3 Å². The molecule has 0 radical (unpaired) electrons. The molecule has 0 spiro atoms. The van der Waals surface area contributed by atoms with Gasteiger partial charge >= 0.3 is 0 Å². The number of fused-ring (bicyclic) bond motifs is 7. The van der Waals surface area contributed by atoms with E-state index in [-0.39, 0.29) is 0 Å².